The predicted molar refractivity (Wildman–Crippen MR) is 133 cm³/mol. The Bertz CT molecular complexity index is 1170. The minimum atomic E-state index is -0.654. The van der Waals surface area contributed by atoms with Crippen molar-refractivity contribution in [2.75, 3.05) is 7.11 Å². The Balaban J connectivity index is 1.44. The molecule has 0 spiro atoms. The molecule has 0 amide bonds. The highest BCUT2D eigenvalue weighted by Crippen LogP contribution is 2.34. The van der Waals surface area contributed by atoms with Gasteiger partial charge in [0.2, 0.25) is 0 Å². The van der Waals surface area contributed by atoms with Gasteiger partial charge in [-0.15, -0.1) is 0 Å². The van der Waals surface area contributed by atoms with Gasteiger partial charge in [-0.1, -0.05) is 80.1 Å². The normalized spacial score (nSPS) is 12.3. The molecule has 0 aliphatic carbocycles. The van der Waals surface area contributed by atoms with Crippen LogP contribution in [0.5, 0.6) is 17.2 Å². The lowest BCUT2D eigenvalue weighted by molar-refractivity contribution is 0.220. The van der Waals surface area contributed by atoms with Crippen molar-refractivity contribution < 1.29 is 14.6 Å². The van der Waals surface area contributed by atoms with Crippen molar-refractivity contribution >= 4 is 0 Å². The van der Waals surface area contributed by atoms with E-state index in [1.165, 1.54) is 16.7 Å². The molecule has 4 rings (SSSR count). The maximum atomic E-state index is 10.6. The van der Waals surface area contributed by atoms with Crippen LogP contribution in [0.25, 0.3) is 0 Å². The van der Waals surface area contributed by atoms with E-state index >= 15 is 0 Å². The van der Waals surface area contributed by atoms with Crippen molar-refractivity contribution in [3.63, 3.8) is 0 Å². The predicted octanol–water partition coefficient (Wildman–Crippen LogP) is 7.20. The van der Waals surface area contributed by atoms with Crippen LogP contribution in [0.3, 0.4) is 0 Å². The molecule has 0 fully saturated rings. The van der Waals surface area contributed by atoms with E-state index in [9.17, 15) is 5.11 Å². The van der Waals surface area contributed by atoms with Gasteiger partial charge in [-0.05, 0) is 65.6 Å². The molecular formula is C30H30O3. The van der Waals surface area contributed by atoms with E-state index in [2.05, 4.69) is 38.1 Å². The molecule has 4 aromatic rings. The van der Waals surface area contributed by atoms with E-state index < -0.39 is 6.10 Å². The zero-order chi connectivity index (χ0) is 23.4. The van der Waals surface area contributed by atoms with Crippen molar-refractivity contribution in [2.45, 2.75) is 32.3 Å². The van der Waals surface area contributed by atoms with Crippen LogP contribution in [0, 0.1) is 6.92 Å². The molecular weight excluding hydrogens is 408 g/mol. The quantitative estimate of drug-likeness (QED) is 0.331. The van der Waals surface area contributed by atoms with Crippen molar-refractivity contribution in [1.29, 1.82) is 0 Å². The third-order valence-corrected chi connectivity index (χ3v) is 6.21. The minimum absolute atomic E-state index is 0.140. The summed E-state index contributed by atoms with van der Waals surface area (Å²) in [4.78, 5) is 0. The lowest BCUT2D eigenvalue weighted by Crippen LogP contribution is -2.18. The summed E-state index contributed by atoms with van der Waals surface area (Å²) in [5.41, 5.74) is 5.18. The first-order valence-corrected chi connectivity index (χ1v) is 11.1. The number of hydrogen-bond donors (Lipinski definition) is 1. The molecule has 1 atom stereocenters. The Kier molecular flexibility index (Phi) is 6.52. The molecule has 0 bridgehead atoms. The number of rotatable bonds is 7. The Morgan fingerprint density at radius 2 is 1.00 bits per heavy atom. The van der Waals surface area contributed by atoms with Crippen LogP contribution in [0.4, 0.5) is 0 Å². The number of aryl methyl sites for hydroxylation is 1. The van der Waals surface area contributed by atoms with Crippen LogP contribution < -0.4 is 9.47 Å². The van der Waals surface area contributed by atoms with Crippen molar-refractivity contribution in [1.82, 2.24) is 0 Å². The van der Waals surface area contributed by atoms with Gasteiger partial charge in [-0.2, -0.15) is 0 Å². The van der Waals surface area contributed by atoms with Crippen LogP contribution in [0.15, 0.2) is 97.1 Å². The van der Waals surface area contributed by atoms with E-state index in [0.29, 0.717) is 0 Å². The number of benzene rings is 4. The zero-order valence-corrected chi connectivity index (χ0v) is 19.6. The zero-order valence-electron chi connectivity index (χ0n) is 19.6. The van der Waals surface area contributed by atoms with Crippen molar-refractivity contribution in [3.05, 3.63) is 125 Å². The summed E-state index contributed by atoms with van der Waals surface area (Å²) in [6.45, 7) is 6.46. The Morgan fingerprint density at radius 3 is 1.45 bits per heavy atom. The monoisotopic (exact) mass is 438 g/mol. The van der Waals surface area contributed by atoms with Gasteiger partial charge in [-0.25, -0.2) is 0 Å². The molecule has 0 saturated heterocycles. The summed E-state index contributed by atoms with van der Waals surface area (Å²) in [5, 5.41) is 10.6. The number of hydrogen-bond acceptors (Lipinski definition) is 3. The van der Waals surface area contributed by atoms with E-state index in [-0.39, 0.29) is 5.41 Å². The highest BCUT2D eigenvalue weighted by molar-refractivity contribution is 5.43. The van der Waals surface area contributed by atoms with Gasteiger partial charge in [0.25, 0.3) is 0 Å². The molecule has 3 nitrogen and oxygen atoms in total. The summed E-state index contributed by atoms with van der Waals surface area (Å²) in [7, 11) is 1.68. The molecule has 4 aromatic carbocycles. The summed E-state index contributed by atoms with van der Waals surface area (Å²) in [5.74, 6) is 2.36. The summed E-state index contributed by atoms with van der Waals surface area (Å²) >= 11 is 0. The van der Waals surface area contributed by atoms with Crippen molar-refractivity contribution in [3.8, 4) is 17.2 Å². The lowest BCUT2D eigenvalue weighted by Gasteiger charge is -2.26. The molecule has 168 valence electrons. The Hall–Kier alpha value is -3.56. The maximum Gasteiger partial charge on any atom is 0.127 e. The number of methoxy groups -OCH3 is 1. The van der Waals surface area contributed by atoms with Gasteiger partial charge in [-0.3, -0.25) is 0 Å². The van der Waals surface area contributed by atoms with Gasteiger partial charge in [0.1, 0.15) is 23.4 Å². The minimum Gasteiger partial charge on any atom is -0.497 e. The molecule has 0 aromatic heterocycles. The molecule has 0 saturated carbocycles. The molecule has 1 unspecified atom stereocenters. The fraction of sp³-hybridized carbons (Fsp3) is 0.200. The third kappa shape index (κ3) is 5.10. The first-order chi connectivity index (χ1) is 15.9. The lowest BCUT2D eigenvalue weighted by atomic mass is 9.78. The largest absolute Gasteiger partial charge is 0.497 e. The molecule has 0 radical (unpaired) electrons. The highest BCUT2D eigenvalue weighted by atomic mass is 16.5. The second-order valence-electron chi connectivity index (χ2n) is 8.86. The summed E-state index contributed by atoms with van der Waals surface area (Å²) in [6, 6.07) is 31.9. The number of ether oxygens (including phenoxy) is 2. The van der Waals surface area contributed by atoms with Crippen LogP contribution in [0.2, 0.25) is 0 Å². The average Bonchev–Trinajstić information content (AvgIpc) is 2.85. The van der Waals surface area contributed by atoms with Gasteiger partial charge in [0, 0.05) is 5.41 Å². The molecule has 0 heterocycles. The van der Waals surface area contributed by atoms with Crippen LogP contribution in [-0.2, 0) is 5.41 Å². The van der Waals surface area contributed by atoms with Crippen LogP contribution >= 0.6 is 0 Å². The van der Waals surface area contributed by atoms with Gasteiger partial charge in [0.15, 0.2) is 0 Å². The Labute approximate surface area is 196 Å². The molecule has 1 N–H and O–H groups in total. The maximum absolute atomic E-state index is 10.6. The molecule has 33 heavy (non-hydrogen) atoms. The first kappa shape index (κ1) is 22.6. The van der Waals surface area contributed by atoms with Gasteiger partial charge in [0.05, 0.1) is 7.11 Å². The summed E-state index contributed by atoms with van der Waals surface area (Å²) in [6.07, 6.45) is -0.654. The standard InChI is InChI=1S/C30H30O3/c1-21-5-7-22(8-6-21)29(31)23-9-15-27(16-10-23)33-28-19-13-25(14-20-28)30(2,3)24-11-17-26(32-4)18-12-24/h5-20,29,31H,1-4H3. The fourth-order valence-electron chi connectivity index (χ4n) is 3.91. The topological polar surface area (TPSA) is 38.7 Å². The smallest absolute Gasteiger partial charge is 0.127 e. The molecule has 0 aliphatic heterocycles. The number of aliphatic hydroxyl groups excluding tert-OH is 1. The van der Waals surface area contributed by atoms with Crippen LogP contribution in [0.1, 0.15) is 47.8 Å². The Morgan fingerprint density at radius 1 is 0.606 bits per heavy atom. The van der Waals surface area contributed by atoms with E-state index in [1.807, 2.05) is 79.7 Å². The highest BCUT2D eigenvalue weighted by Gasteiger charge is 2.23. The summed E-state index contributed by atoms with van der Waals surface area (Å²) < 4.78 is 11.3. The molecule has 3 heteroatoms. The SMILES string of the molecule is COc1ccc(C(C)(C)c2ccc(Oc3ccc(C(O)c4ccc(C)cc4)cc3)cc2)cc1. The van der Waals surface area contributed by atoms with E-state index in [4.69, 9.17) is 9.47 Å². The number of aliphatic hydroxyl groups is 1. The van der Waals surface area contributed by atoms with Crippen molar-refractivity contribution in [2.24, 2.45) is 0 Å². The third-order valence-electron chi connectivity index (χ3n) is 6.21. The van der Waals surface area contributed by atoms with E-state index in [1.54, 1.807) is 7.11 Å². The average molecular weight is 439 g/mol. The second-order valence-corrected chi connectivity index (χ2v) is 8.86. The van der Waals surface area contributed by atoms with Gasteiger partial charge < -0.3 is 14.6 Å². The molecule has 0 aliphatic rings. The fourth-order valence-corrected chi connectivity index (χ4v) is 3.91. The first-order valence-electron chi connectivity index (χ1n) is 11.1. The second kappa shape index (κ2) is 9.51. The van der Waals surface area contributed by atoms with Crippen LogP contribution in [-0.4, -0.2) is 12.2 Å². The van der Waals surface area contributed by atoms with E-state index in [0.717, 1.165) is 28.4 Å². The van der Waals surface area contributed by atoms with Gasteiger partial charge >= 0.3 is 0 Å².